The number of benzene rings is 2. The van der Waals surface area contributed by atoms with Crippen LogP contribution in [0.1, 0.15) is 5.56 Å². The molecule has 0 spiro atoms. The minimum atomic E-state index is -0.357. The first-order chi connectivity index (χ1) is 9.74. The van der Waals surface area contributed by atoms with E-state index in [-0.39, 0.29) is 5.82 Å². The highest BCUT2D eigenvalue weighted by molar-refractivity contribution is 6.30. The van der Waals surface area contributed by atoms with Gasteiger partial charge in [-0.3, -0.25) is 4.99 Å². The molecule has 0 saturated carbocycles. The molecule has 2 aromatic rings. The second-order valence-corrected chi connectivity index (χ2v) is 4.76. The van der Waals surface area contributed by atoms with Gasteiger partial charge in [-0.15, -0.1) is 0 Å². The quantitative estimate of drug-likeness (QED) is 0.937. The van der Waals surface area contributed by atoms with Crippen LogP contribution in [0.15, 0.2) is 47.5 Å². The number of nitrogens with one attached hydrogen (secondary N) is 1. The number of halogens is 2. The van der Waals surface area contributed by atoms with Crippen molar-refractivity contribution in [2.75, 3.05) is 13.1 Å². The average Bonchev–Trinajstić information content (AvgIpc) is 2.95. The number of hydrogen-bond donors (Lipinski definition) is 1. The van der Waals surface area contributed by atoms with E-state index in [0.29, 0.717) is 41.0 Å². The zero-order valence-electron chi connectivity index (χ0n) is 10.6. The predicted octanol–water partition coefficient (Wildman–Crippen LogP) is 3.62. The van der Waals surface area contributed by atoms with Gasteiger partial charge < -0.3 is 10.1 Å². The summed E-state index contributed by atoms with van der Waals surface area (Å²) in [5.41, 5.74) is 0.361. The minimum Gasteiger partial charge on any atom is -0.456 e. The Morgan fingerprint density at radius 2 is 1.95 bits per heavy atom. The SMILES string of the molecule is Fc1cccc(Oc2ccc(Cl)cc2)c1C1=NCCN1. The highest BCUT2D eigenvalue weighted by Gasteiger charge is 2.18. The van der Waals surface area contributed by atoms with Gasteiger partial charge in [0.25, 0.3) is 0 Å². The molecule has 102 valence electrons. The molecule has 0 amide bonds. The van der Waals surface area contributed by atoms with Crippen LogP contribution in [-0.2, 0) is 0 Å². The van der Waals surface area contributed by atoms with Gasteiger partial charge in [-0.1, -0.05) is 17.7 Å². The fourth-order valence-corrected chi connectivity index (χ4v) is 2.14. The standard InChI is InChI=1S/C15H12ClFN2O/c16-10-4-6-11(7-5-10)20-13-3-1-2-12(17)14(13)15-18-8-9-19-15/h1-7H,8-9H2,(H,18,19). The summed E-state index contributed by atoms with van der Waals surface area (Å²) in [5.74, 6) is 1.21. The van der Waals surface area contributed by atoms with Gasteiger partial charge >= 0.3 is 0 Å². The summed E-state index contributed by atoms with van der Waals surface area (Å²) in [5, 5.41) is 3.68. The van der Waals surface area contributed by atoms with E-state index in [9.17, 15) is 4.39 Å². The highest BCUT2D eigenvalue weighted by atomic mass is 35.5. The molecule has 0 aliphatic carbocycles. The predicted molar refractivity (Wildman–Crippen MR) is 77.3 cm³/mol. The van der Waals surface area contributed by atoms with Crippen LogP contribution in [0.2, 0.25) is 5.02 Å². The van der Waals surface area contributed by atoms with Crippen molar-refractivity contribution in [1.82, 2.24) is 5.32 Å². The van der Waals surface area contributed by atoms with E-state index in [2.05, 4.69) is 10.3 Å². The van der Waals surface area contributed by atoms with Crippen LogP contribution in [0.25, 0.3) is 0 Å². The fourth-order valence-electron chi connectivity index (χ4n) is 2.01. The lowest BCUT2D eigenvalue weighted by molar-refractivity contribution is 0.475. The number of hydrogen-bond acceptors (Lipinski definition) is 3. The molecule has 20 heavy (non-hydrogen) atoms. The molecule has 2 aromatic carbocycles. The van der Waals surface area contributed by atoms with Gasteiger partial charge in [0.05, 0.1) is 12.1 Å². The third-order valence-electron chi connectivity index (χ3n) is 2.93. The monoisotopic (exact) mass is 290 g/mol. The maximum Gasteiger partial charge on any atom is 0.141 e. The van der Waals surface area contributed by atoms with Crippen molar-refractivity contribution in [3.8, 4) is 11.5 Å². The van der Waals surface area contributed by atoms with Crippen LogP contribution in [-0.4, -0.2) is 18.9 Å². The molecule has 1 N–H and O–H groups in total. The zero-order valence-corrected chi connectivity index (χ0v) is 11.3. The van der Waals surface area contributed by atoms with Crippen molar-refractivity contribution in [2.45, 2.75) is 0 Å². The van der Waals surface area contributed by atoms with Crippen LogP contribution < -0.4 is 10.1 Å². The molecule has 3 nitrogen and oxygen atoms in total. The second kappa shape index (κ2) is 5.51. The molecule has 0 radical (unpaired) electrons. The minimum absolute atomic E-state index is 0.357. The van der Waals surface area contributed by atoms with E-state index >= 15 is 0 Å². The Morgan fingerprint density at radius 1 is 1.15 bits per heavy atom. The lowest BCUT2D eigenvalue weighted by atomic mass is 10.1. The first-order valence-corrected chi connectivity index (χ1v) is 6.62. The molecular formula is C15H12ClFN2O. The first kappa shape index (κ1) is 12.9. The van der Waals surface area contributed by atoms with Crippen molar-refractivity contribution in [2.24, 2.45) is 4.99 Å². The van der Waals surface area contributed by atoms with Gasteiger partial charge in [0, 0.05) is 11.6 Å². The van der Waals surface area contributed by atoms with Crippen LogP contribution in [0.4, 0.5) is 4.39 Å². The van der Waals surface area contributed by atoms with Crippen molar-refractivity contribution in [3.05, 3.63) is 58.9 Å². The third-order valence-corrected chi connectivity index (χ3v) is 3.18. The van der Waals surface area contributed by atoms with Gasteiger partial charge in [0.1, 0.15) is 23.2 Å². The summed E-state index contributed by atoms with van der Waals surface area (Å²) >= 11 is 5.83. The summed E-state index contributed by atoms with van der Waals surface area (Å²) in [4.78, 5) is 4.25. The summed E-state index contributed by atoms with van der Waals surface area (Å²) in [6.45, 7) is 1.36. The van der Waals surface area contributed by atoms with E-state index in [0.717, 1.165) is 0 Å². The van der Waals surface area contributed by atoms with E-state index in [4.69, 9.17) is 16.3 Å². The van der Waals surface area contributed by atoms with Gasteiger partial charge in [0.15, 0.2) is 0 Å². The van der Waals surface area contributed by atoms with Gasteiger partial charge in [-0.25, -0.2) is 4.39 Å². The lowest BCUT2D eigenvalue weighted by Gasteiger charge is -2.12. The Kier molecular flexibility index (Phi) is 3.56. The molecule has 0 atom stereocenters. The second-order valence-electron chi connectivity index (χ2n) is 4.33. The zero-order chi connectivity index (χ0) is 13.9. The van der Waals surface area contributed by atoms with E-state index in [1.807, 2.05) is 0 Å². The fraction of sp³-hybridized carbons (Fsp3) is 0.133. The molecule has 1 heterocycles. The smallest absolute Gasteiger partial charge is 0.141 e. The molecule has 0 bridgehead atoms. The highest BCUT2D eigenvalue weighted by Crippen LogP contribution is 2.28. The van der Waals surface area contributed by atoms with Crippen LogP contribution >= 0.6 is 11.6 Å². The van der Waals surface area contributed by atoms with Crippen LogP contribution in [0.5, 0.6) is 11.5 Å². The van der Waals surface area contributed by atoms with Crippen molar-refractivity contribution in [1.29, 1.82) is 0 Å². The first-order valence-electron chi connectivity index (χ1n) is 6.24. The largest absolute Gasteiger partial charge is 0.456 e. The summed E-state index contributed by atoms with van der Waals surface area (Å²) < 4.78 is 19.8. The van der Waals surface area contributed by atoms with Crippen molar-refractivity contribution in [3.63, 3.8) is 0 Å². The molecule has 3 rings (SSSR count). The number of amidine groups is 1. The van der Waals surface area contributed by atoms with Gasteiger partial charge in [0.2, 0.25) is 0 Å². The van der Waals surface area contributed by atoms with Gasteiger partial charge in [-0.05, 0) is 36.4 Å². The number of nitrogens with zero attached hydrogens (tertiary/aromatic N) is 1. The molecule has 1 aliphatic heterocycles. The Balaban J connectivity index is 1.96. The molecule has 0 unspecified atom stereocenters. The van der Waals surface area contributed by atoms with Crippen LogP contribution in [0, 0.1) is 5.82 Å². The summed E-state index contributed by atoms with van der Waals surface area (Å²) in [6, 6.07) is 11.6. The Morgan fingerprint density at radius 3 is 2.65 bits per heavy atom. The Hall–Kier alpha value is -2.07. The van der Waals surface area contributed by atoms with Gasteiger partial charge in [-0.2, -0.15) is 0 Å². The van der Waals surface area contributed by atoms with Crippen LogP contribution in [0.3, 0.4) is 0 Å². The molecule has 1 aliphatic rings. The molecular weight excluding hydrogens is 279 g/mol. The number of rotatable bonds is 3. The summed E-state index contributed by atoms with van der Waals surface area (Å²) in [7, 11) is 0. The average molecular weight is 291 g/mol. The van der Waals surface area contributed by atoms with E-state index < -0.39 is 0 Å². The Labute approximate surface area is 121 Å². The number of aliphatic imine (C=N–C) groups is 1. The lowest BCUT2D eigenvalue weighted by Crippen LogP contribution is -2.21. The Bertz CT molecular complexity index is 655. The third kappa shape index (κ3) is 2.60. The normalized spacial score (nSPS) is 13.8. The molecule has 0 saturated heterocycles. The maximum absolute atomic E-state index is 14.0. The summed E-state index contributed by atoms with van der Waals surface area (Å²) in [6.07, 6.45) is 0. The van der Waals surface area contributed by atoms with Crippen molar-refractivity contribution >= 4 is 17.4 Å². The molecule has 5 heteroatoms. The number of ether oxygens (including phenoxy) is 1. The molecule has 0 fully saturated rings. The molecule has 0 aromatic heterocycles. The topological polar surface area (TPSA) is 33.6 Å². The van der Waals surface area contributed by atoms with E-state index in [1.165, 1.54) is 6.07 Å². The maximum atomic E-state index is 14.0. The van der Waals surface area contributed by atoms with E-state index in [1.54, 1.807) is 36.4 Å². The van der Waals surface area contributed by atoms with Crippen molar-refractivity contribution < 1.29 is 9.13 Å².